The molecule has 7 heteroatoms. The van der Waals surface area contributed by atoms with Gasteiger partial charge in [-0.1, -0.05) is 36.4 Å². The van der Waals surface area contributed by atoms with Gasteiger partial charge in [-0.2, -0.15) is 5.26 Å². The molecular weight excluding hydrogens is 438 g/mol. The number of nitrogens with zero attached hydrogens (tertiary/aromatic N) is 4. The summed E-state index contributed by atoms with van der Waals surface area (Å²) in [6.07, 6.45) is 1.95. The maximum Gasteiger partial charge on any atom is 0.337 e. The van der Waals surface area contributed by atoms with Crippen molar-refractivity contribution in [3.63, 3.8) is 0 Å². The van der Waals surface area contributed by atoms with E-state index in [0.717, 1.165) is 36.2 Å². The Bertz CT molecular complexity index is 1490. The number of aryl methyl sites for hydroxylation is 2. The number of hydrogen-bond donors (Lipinski definition) is 2. The third-order valence-corrected chi connectivity index (χ3v) is 6.39. The first-order chi connectivity index (χ1) is 17.0. The highest BCUT2D eigenvalue weighted by molar-refractivity contribution is 5.94. The fourth-order valence-electron chi connectivity index (χ4n) is 4.78. The van der Waals surface area contributed by atoms with Gasteiger partial charge in [0.2, 0.25) is 0 Å². The molecule has 1 aromatic heterocycles. The van der Waals surface area contributed by atoms with Crippen molar-refractivity contribution >= 4 is 34.2 Å². The van der Waals surface area contributed by atoms with Gasteiger partial charge >= 0.3 is 5.97 Å². The number of rotatable bonds is 5. The number of carboxylic acid groups (broad SMARTS) is 1. The molecular formula is C28H25N5O2. The van der Waals surface area contributed by atoms with Crippen molar-refractivity contribution in [2.45, 2.75) is 32.7 Å². The third-order valence-electron chi connectivity index (χ3n) is 6.39. The summed E-state index contributed by atoms with van der Waals surface area (Å²) in [7, 11) is 0. The number of para-hydroxylation sites is 2. The van der Waals surface area contributed by atoms with E-state index >= 15 is 0 Å². The number of nitriles is 1. The first-order valence-corrected chi connectivity index (χ1v) is 11.6. The van der Waals surface area contributed by atoms with E-state index in [1.807, 2.05) is 38.1 Å². The summed E-state index contributed by atoms with van der Waals surface area (Å²) in [5.41, 5.74) is 6.54. The maximum atomic E-state index is 11.7. The minimum absolute atomic E-state index is 0.208. The molecule has 174 valence electrons. The van der Waals surface area contributed by atoms with E-state index in [1.165, 1.54) is 5.56 Å². The molecule has 1 aliphatic rings. The standard InChI is InChI=1S/C28H25N5O2/c1-17-14-21(18(2)30-22-11-5-4-10-20(22)28(34)35)26-23(15-17)31-24(16-29)27(32-26)33-13-7-9-19-8-3-6-12-25(19)33/h3-6,8,10-12,14-15,18,30H,7,9,13H2,1-2H3,(H,34,35)/t18-/m1/s1. The van der Waals surface area contributed by atoms with Crippen LogP contribution in [0.1, 0.15) is 52.1 Å². The summed E-state index contributed by atoms with van der Waals surface area (Å²) < 4.78 is 0. The van der Waals surface area contributed by atoms with Crippen LogP contribution in [0.4, 0.5) is 17.2 Å². The number of nitrogens with one attached hydrogen (secondary N) is 1. The minimum Gasteiger partial charge on any atom is -0.478 e. The molecule has 2 heterocycles. The van der Waals surface area contributed by atoms with Crippen LogP contribution in [0.5, 0.6) is 0 Å². The van der Waals surface area contributed by atoms with Crippen LogP contribution in [0.15, 0.2) is 60.7 Å². The number of aromatic nitrogens is 2. The van der Waals surface area contributed by atoms with Gasteiger partial charge in [0.15, 0.2) is 11.5 Å². The van der Waals surface area contributed by atoms with Gasteiger partial charge in [0.05, 0.1) is 22.6 Å². The molecule has 0 amide bonds. The zero-order chi connectivity index (χ0) is 24.5. The molecule has 0 spiro atoms. The second-order valence-electron chi connectivity index (χ2n) is 8.83. The van der Waals surface area contributed by atoms with Crippen LogP contribution in [0.2, 0.25) is 0 Å². The zero-order valence-electron chi connectivity index (χ0n) is 19.6. The van der Waals surface area contributed by atoms with Crippen LogP contribution >= 0.6 is 0 Å². The van der Waals surface area contributed by atoms with Gasteiger partial charge < -0.3 is 15.3 Å². The largest absolute Gasteiger partial charge is 0.478 e. The normalized spacial score (nSPS) is 13.7. The summed E-state index contributed by atoms with van der Waals surface area (Å²) in [6, 6.07) is 21.0. The van der Waals surface area contributed by atoms with Gasteiger partial charge in [0, 0.05) is 23.5 Å². The summed E-state index contributed by atoms with van der Waals surface area (Å²) >= 11 is 0. The molecule has 2 N–H and O–H groups in total. The number of anilines is 3. The Labute approximate surface area is 203 Å². The first kappa shape index (κ1) is 22.4. The Hall–Kier alpha value is -4.44. The number of hydrogen-bond acceptors (Lipinski definition) is 6. The van der Waals surface area contributed by atoms with Crippen molar-refractivity contribution in [3.05, 3.63) is 88.6 Å². The SMILES string of the molecule is Cc1cc([C@@H](C)Nc2ccccc2C(=O)O)c2nc(N3CCCc4ccccc43)c(C#N)nc2c1. The Morgan fingerprint density at radius 1 is 1.14 bits per heavy atom. The summed E-state index contributed by atoms with van der Waals surface area (Å²) in [5.74, 6) is -0.436. The third kappa shape index (κ3) is 4.15. The molecule has 1 atom stereocenters. The van der Waals surface area contributed by atoms with Crippen LogP contribution in [-0.2, 0) is 6.42 Å². The number of carbonyl (C=O) groups is 1. The molecule has 0 bridgehead atoms. The Balaban J connectivity index is 1.64. The van der Waals surface area contributed by atoms with Gasteiger partial charge in [-0.15, -0.1) is 0 Å². The fraction of sp³-hybridized carbons (Fsp3) is 0.214. The van der Waals surface area contributed by atoms with Crippen LogP contribution in [0.25, 0.3) is 11.0 Å². The maximum absolute atomic E-state index is 11.7. The van der Waals surface area contributed by atoms with Gasteiger partial charge in [-0.25, -0.2) is 14.8 Å². The van der Waals surface area contributed by atoms with Crippen LogP contribution < -0.4 is 10.2 Å². The monoisotopic (exact) mass is 463 g/mol. The molecule has 0 aliphatic carbocycles. The molecule has 0 fully saturated rings. The van der Waals surface area contributed by atoms with Crippen molar-refractivity contribution < 1.29 is 9.90 Å². The number of carboxylic acids is 1. The molecule has 35 heavy (non-hydrogen) atoms. The predicted octanol–water partition coefficient (Wildman–Crippen LogP) is 5.77. The van der Waals surface area contributed by atoms with E-state index in [4.69, 9.17) is 9.97 Å². The quantitative estimate of drug-likeness (QED) is 0.388. The van der Waals surface area contributed by atoms with E-state index in [1.54, 1.807) is 24.3 Å². The van der Waals surface area contributed by atoms with Crippen molar-refractivity contribution in [2.75, 3.05) is 16.8 Å². The van der Waals surface area contributed by atoms with E-state index in [-0.39, 0.29) is 11.6 Å². The Kier molecular flexibility index (Phi) is 5.79. The molecule has 7 nitrogen and oxygen atoms in total. The van der Waals surface area contributed by atoms with Gasteiger partial charge in [-0.3, -0.25) is 0 Å². The van der Waals surface area contributed by atoms with E-state index in [0.29, 0.717) is 28.2 Å². The van der Waals surface area contributed by atoms with Crippen molar-refractivity contribution in [2.24, 2.45) is 0 Å². The number of benzene rings is 3. The number of aromatic carboxylic acids is 1. The van der Waals surface area contributed by atoms with E-state index in [9.17, 15) is 15.2 Å². The lowest BCUT2D eigenvalue weighted by atomic mass is 10.0. The predicted molar refractivity (Wildman–Crippen MR) is 136 cm³/mol. The first-order valence-electron chi connectivity index (χ1n) is 11.6. The molecule has 4 aromatic rings. The van der Waals surface area contributed by atoms with E-state index in [2.05, 4.69) is 28.4 Å². The lowest BCUT2D eigenvalue weighted by Gasteiger charge is -2.31. The average Bonchev–Trinajstić information content (AvgIpc) is 2.87. The van der Waals surface area contributed by atoms with Gasteiger partial charge in [-0.05, 0) is 62.1 Å². The highest BCUT2D eigenvalue weighted by Crippen LogP contribution is 2.36. The smallest absolute Gasteiger partial charge is 0.337 e. The van der Waals surface area contributed by atoms with E-state index < -0.39 is 5.97 Å². The summed E-state index contributed by atoms with van der Waals surface area (Å²) in [5, 5.41) is 22.9. The lowest BCUT2D eigenvalue weighted by Crippen LogP contribution is -2.26. The summed E-state index contributed by atoms with van der Waals surface area (Å²) in [6.45, 7) is 4.71. The highest BCUT2D eigenvalue weighted by Gasteiger charge is 2.24. The second kappa shape index (κ2) is 9.07. The Morgan fingerprint density at radius 2 is 1.91 bits per heavy atom. The highest BCUT2D eigenvalue weighted by atomic mass is 16.4. The second-order valence-corrected chi connectivity index (χ2v) is 8.83. The van der Waals surface area contributed by atoms with Gasteiger partial charge in [0.25, 0.3) is 0 Å². The number of fused-ring (bicyclic) bond motifs is 2. The van der Waals surface area contributed by atoms with Crippen molar-refractivity contribution in [1.82, 2.24) is 9.97 Å². The molecule has 5 rings (SSSR count). The van der Waals surface area contributed by atoms with Crippen LogP contribution in [0.3, 0.4) is 0 Å². The summed E-state index contributed by atoms with van der Waals surface area (Å²) in [4.78, 5) is 23.5. The van der Waals surface area contributed by atoms with Crippen molar-refractivity contribution in [1.29, 1.82) is 5.26 Å². The fourth-order valence-corrected chi connectivity index (χ4v) is 4.78. The molecule has 0 unspecified atom stereocenters. The topological polar surface area (TPSA) is 102 Å². The molecule has 0 saturated carbocycles. The van der Waals surface area contributed by atoms with Crippen molar-refractivity contribution in [3.8, 4) is 6.07 Å². The minimum atomic E-state index is -0.987. The molecule has 3 aromatic carbocycles. The van der Waals surface area contributed by atoms with Crippen LogP contribution in [-0.4, -0.2) is 27.6 Å². The van der Waals surface area contributed by atoms with Crippen LogP contribution in [0, 0.1) is 18.3 Å². The molecule has 0 radical (unpaired) electrons. The zero-order valence-corrected chi connectivity index (χ0v) is 19.6. The molecule has 1 aliphatic heterocycles. The molecule has 0 saturated heterocycles. The lowest BCUT2D eigenvalue weighted by molar-refractivity contribution is 0.0698. The average molecular weight is 464 g/mol. The Morgan fingerprint density at radius 3 is 2.71 bits per heavy atom. The van der Waals surface area contributed by atoms with Gasteiger partial charge in [0.1, 0.15) is 6.07 Å².